The molecule has 1 aliphatic heterocycles. The molecule has 1 saturated carbocycles. The number of aromatic nitrogens is 2. The maximum Gasteiger partial charge on any atom is 0.269 e. The topological polar surface area (TPSA) is 157 Å². The zero-order valence-electron chi connectivity index (χ0n) is 23.0. The highest BCUT2D eigenvalue weighted by Crippen LogP contribution is 2.28. The third-order valence-corrected chi connectivity index (χ3v) is 7.92. The van der Waals surface area contributed by atoms with E-state index in [0.29, 0.717) is 29.6 Å². The molecule has 0 bridgehead atoms. The van der Waals surface area contributed by atoms with Gasteiger partial charge in [0.05, 0.1) is 23.5 Å². The molecule has 42 heavy (non-hydrogen) atoms. The Morgan fingerprint density at radius 3 is 2.64 bits per heavy atom. The first-order chi connectivity index (χ1) is 20.1. The van der Waals surface area contributed by atoms with Crippen LogP contribution in [0, 0.1) is 5.82 Å². The predicted octanol–water partition coefficient (Wildman–Crippen LogP) is 1.73. The fourth-order valence-corrected chi connectivity index (χ4v) is 5.47. The predicted molar refractivity (Wildman–Crippen MR) is 154 cm³/mol. The van der Waals surface area contributed by atoms with Crippen LogP contribution in [0.25, 0.3) is 10.9 Å². The molecule has 3 aromatic rings. The van der Waals surface area contributed by atoms with E-state index >= 15 is 0 Å². The molecule has 5 N–H and O–H groups in total. The minimum absolute atomic E-state index is 0.00800. The molecule has 5 rings (SSSR count). The van der Waals surface area contributed by atoms with Crippen LogP contribution >= 0.6 is 11.6 Å². The van der Waals surface area contributed by atoms with Crippen molar-refractivity contribution in [3.05, 3.63) is 64.1 Å². The summed E-state index contributed by atoms with van der Waals surface area (Å²) < 4.78 is 15.6. The van der Waals surface area contributed by atoms with E-state index in [1.807, 2.05) is 0 Å². The van der Waals surface area contributed by atoms with Crippen molar-refractivity contribution in [2.24, 2.45) is 11.5 Å². The Morgan fingerprint density at radius 1 is 1.14 bits per heavy atom. The maximum atomic E-state index is 14.2. The number of carbonyl (C=O) groups excluding carboxylic acids is 4. The van der Waals surface area contributed by atoms with E-state index in [1.54, 1.807) is 29.2 Å². The van der Waals surface area contributed by atoms with Gasteiger partial charge in [0.15, 0.2) is 5.69 Å². The standard InChI is InChI=1S/C29H33ClFN7O4/c30-22-5-1-3-18(27(22)31)13-34-24(39)15-37(20-7-8-20)26(41)16-38-23-9-6-17(11-21(23)28(35-38)29(33)42)12-25(40)36-10-2-4-19(32)14-36/h1,3,5-6,9,11,19-20H,2,4,7-8,10,12-16,32H2,(H2,33,42)(H,34,39)/t19-/m0/s1. The summed E-state index contributed by atoms with van der Waals surface area (Å²) >= 11 is 5.81. The molecule has 1 aromatic heterocycles. The monoisotopic (exact) mass is 597 g/mol. The minimum Gasteiger partial charge on any atom is -0.364 e. The number of hydrogen-bond donors (Lipinski definition) is 3. The van der Waals surface area contributed by atoms with Gasteiger partial charge < -0.3 is 26.6 Å². The van der Waals surface area contributed by atoms with Crippen LogP contribution in [0.4, 0.5) is 4.39 Å². The molecular formula is C29H33ClFN7O4. The van der Waals surface area contributed by atoms with Crippen molar-refractivity contribution < 1.29 is 23.6 Å². The van der Waals surface area contributed by atoms with E-state index in [1.165, 1.54) is 21.7 Å². The molecule has 1 atom stereocenters. The van der Waals surface area contributed by atoms with E-state index in [0.717, 1.165) is 25.7 Å². The number of nitrogens with zero attached hydrogens (tertiary/aromatic N) is 4. The molecule has 2 aliphatic rings. The number of nitrogens with one attached hydrogen (secondary N) is 1. The third-order valence-electron chi connectivity index (χ3n) is 7.63. The quantitative estimate of drug-likeness (QED) is 0.323. The van der Waals surface area contributed by atoms with E-state index in [2.05, 4.69) is 10.4 Å². The first-order valence-electron chi connectivity index (χ1n) is 13.9. The van der Waals surface area contributed by atoms with E-state index in [-0.39, 0.29) is 66.2 Å². The SMILES string of the molecule is NC(=O)c1nn(CC(=O)N(CC(=O)NCc2cccc(Cl)c2F)C2CC2)c2ccc(CC(=O)N3CCC[C@H](N)C3)cc12. The minimum atomic E-state index is -0.761. The fourth-order valence-electron chi connectivity index (χ4n) is 5.28. The van der Waals surface area contributed by atoms with Crippen molar-refractivity contribution in [1.29, 1.82) is 0 Å². The van der Waals surface area contributed by atoms with Crippen LogP contribution in [-0.2, 0) is 33.9 Å². The Hall–Kier alpha value is -4.03. The Balaban J connectivity index is 1.28. The second-order valence-electron chi connectivity index (χ2n) is 10.9. The van der Waals surface area contributed by atoms with Crippen LogP contribution in [0.1, 0.15) is 47.3 Å². The van der Waals surface area contributed by atoms with Crippen molar-refractivity contribution in [3.8, 4) is 0 Å². The summed E-state index contributed by atoms with van der Waals surface area (Å²) in [6, 6.07) is 9.58. The van der Waals surface area contributed by atoms with Gasteiger partial charge in [0.2, 0.25) is 17.7 Å². The number of piperidine rings is 1. The smallest absolute Gasteiger partial charge is 0.269 e. The van der Waals surface area contributed by atoms with Crippen LogP contribution < -0.4 is 16.8 Å². The van der Waals surface area contributed by atoms with Crippen LogP contribution in [0.15, 0.2) is 36.4 Å². The zero-order chi connectivity index (χ0) is 30.0. The number of fused-ring (bicyclic) bond motifs is 1. The van der Waals surface area contributed by atoms with Crippen molar-refractivity contribution in [2.45, 2.75) is 57.3 Å². The molecule has 0 radical (unpaired) electrons. The number of hydrogen-bond acceptors (Lipinski definition) is 6. The third kappa shape index (κ3) is 6.71. The Morgan fingerprint density at radius 2 is 1.93 bits per heavy atom. The number of rotatable bonds is 10. The molecule has 222 valence electrons. The van der Waals surface area contributed by atoms with Crippen LogP contribution in [0.5, 0.6) is 0 Å². The first-order valence-corrected chi connectivity index (χ1v) is 14.3. The molecule has 1 saturated heterocycles. The molecule has 0 unspecified atom stereocenters. The molecule has 4 amide bonds. The summed E-state index contributed by atoms with van der Waals surface area (Å²) in [7, 11) is 0. The average molecular weight is 598 g/mol. The van der Waals surface area contributed by atoms with Crippen LogP contribution in [0.2, 0.25) is 5.02 Å². The van der Waals surface area contributed by atoms with E-state index < -0.39 is 17.6 Å². The number of carbonyl (C=O) groups is 4. The van der Waals surface area contributed by atoms with Gasteiger partial charge in [0, 0.05) is 42.7 Å². The number of halogens is 2. The van der Waals surface area contributed by atoms with E-state index in [9.17, 15) is 23.6 Å². The second kappa shape index (κ2) is 12.5. The first kappa shape index (κ1) is 29.5. The van der Waals surface area contributed by atoms with Crippen molar-refractivity contribution in [2.75, 3.05) is 19.6 Å². The molecule has 2 heterocycles. The summed E-state index contributed by atoms with van der Waals surface area (Å²) in [5.41, 5.74) is 13.0. The molecule has 2 aromatic carbocycles. The largest absolute Gasteiger partial charge is 0.364 e. The fraction of sp³-hybridized carbons (Fsp3) is 0.414. The molecule has 2 fully saturated rings. The maximum absolute atomic E-state index is 14.2. The molecular weight excluding hydrogens is 565 g/mol. The Bertz CT molecular complexity index is 1540. The number of benzene rings is 2. The van der Waals surface area contributed by atoms with Crippen molar-refractivity contribution in [1.82, 2.24) is 24.9 Å². The van der Waals surface area contributed by atoms with Gasteiger partial charge in [-0.25, -0.2) is 4.39 Å². The van der Waals surface area contributed by atoms with Gasteiger partial charge in [-0.1, -0.05) is 29.8 Å². The summed E-state index contributed by atoms with van der Waals surface area (Å²) in [6.07, 6.45) is 3.40. The van der Waals surface area contributed by atoms with Gasteiger partial charge in [-0.05, 0) is 49.4 Å². The number of nitrogens with two attached hydrogens (primary N) is 2. The number of likely N-dealkylation sites (tertiary alicyclic amines) is 1. The van der Waals surface area contributed by atoms with E-state index in [4.69, 9.17) is 23.1 Å². The van der Waals surface area contributed by atoms with Crippen molar-refractivity contribution >= 4 is 46.1 Å². The van der Waals surface area contributed by atoms with Gasteiger partial charge in [-0.15, -0.1) is 0 Å². The van der Waals surface area contributed by atoms with Crippen LogP contribution in [-0.4, -0.2) is 74.9 Å². The molecule has 0 spiro atoms. The summed E-state index contributed by atoms with van der Waals surface area (Å²) in [6.45, 7) is 0.675. The number of amides is 4. The lowest BCUT2D eigenvalue weighted by Crippen LogP contribution is -2.46. The van der Waals surface area contributed by atoms with Crippen LogP contribution in [0.3, 0.4) is 0 Å². The highest BCUT2D eigenvalue weighted by Gasteiger charge is 2.34. The van der Waals surface area contributed by atoms with Gasteiger partial charge >= 0.3 is 0 Å². The molecule has 1 aliphatic carbocycles. The summed E-state index contributed by atoms with van der Waals surface area (Å²) in [4.78, 5) is 54.4. The number of primary amides is 1. The zero-order valence-corrected chi connectivity index (χ0v) is 23.8. The summed E-state index contributed by atoms with van der Waals surface area (Å²) in [5.74, 6) is -2.22. The Labute approximate surface area is 246 Å². The van der Waals surface area contributed by atoms with Gasteiger partial charge in [-0.3, -0.25) is 23.9 Å². The van der Waals surface area contributed by atoms with Gasteiger partial charge in [0.25, 0.3) is 5.91 Å². The lowest BCUT2D eigenvalue weighted by Gasteiger charge is -2.30. The van der Waals surface area contributed by atoms with Crippen molar-refractivity contribution in [3.63, 3.8) is 0 Å². The molecule has 11 nitrogen and oxygen atoms in total. The lowest BCUT2D eigenvalue weighted by molar-refractivity contribution is -0.137. The highest BCUT2D eigenvalue weighted by atomic mass is 35.5. The summed E-state index contributed by atoms with van der Waals surface area (Å²) in [5, 5.41) is 7.36. The molecule has 13 heteroatoms. The Kier molecular flexibility index (Phi) is 8.74. The average Bonchev–Trinajstić information content (AvgIpc) is 3.74. The van der Waals surface area contributed by atoms with Gasteiger partial charge in [-0.2, -0.15) is 5.10 Å². The second-order valence-corrected chi connectivity index (χ2v) is 11.3. The highest BCUT2D eigenvalue weighted by molar-refractivity contribution is 6.30. The normalized spacial score (nSPS) is 16.8. The lowest BCUT2D eigenvalue weighted by atomic mass is 10.0. The van der Waals surface area contributed by atoms with Gasteiger partial charge in [0.1, 0.15) is 12.4 Å².